The quantitative estimate of drug-likeness (QED) is 0.676. The van der Waals surface area contributed by atoms with Crippen molar-refractivity contribution in [2.24, 2.45) is 0 Å². The smallest absolute Gasteiger partial charge is 0.465 e. The van der Waals surface area contributed by atoms with Crippen molar-refractivity contribution in [1.82, 2.24) is 19.9 Å². The number of nitrogens with zero attached hydrogens (tertiary/aromatic N) is 4. The van der Waals surface area contributed by atoms with E-state index in [2.05, 4.69) is 15.0 Å². The number of alkyl halides is 3. The maximum Gasteiger partial charge on any atom is 0.573 e. The summed E-state index contributed by atoms with van der Waals surface area (Å²) in [5.74, 6) is -0.335. The summed E-state index contributed by atoms with van der Waals surface area (Å²) in [6.07, 6.45) is -4.86. The molecule has 0 aliphatic carbocycles. The molecule has 0 saturated carbocycles. The lowest BCUT2D eigenvalue weighted by atomic mass is 10.0. The molecule has 0 bridgehead atoms. The van der Waals surface area contributed by atoms with Crippen LogP contribution in [0.4, 0.5) is 18.0 Å². The van der Waals surface area contributed by atoms with Crippen molar-refractivity contribution in [3.05, 3.63) is 52.8 Å². The number of likely N-dealkylation sites (tertiary alicyclic amines) is 1. The van der Waals surface area contributed by atoms with Gasteiger partial charge in [0.15, 0.2) is 0 Å². The molecule has 162 valence electrons. The van der Waals surface area contributed by atoms with Crippen molar-refractivity contribution in [1.29, 1.82) is 0 Å². The van der Waals surface area contributed by atoms with Crippen molar-refractivity contribution in [2.75, 3.05) is 13.1 Å². The van der Waals surface area contributed by atoms with E-state index in [4.69, 9.17) is 5.11 Å². The van der Waals surface area contributed by atoms with E-state index >= 15 is 0 Å². The van der Waals surface area contributed by atoms with Gasteiger partial charge in [0.1, 0.15) is 11.3 Å². The summed E-state index contributed by atoms with van der Waals surface area (Å²) in [6, 6.07) is 10.0. The highest BCUT2D eigenvalue weighted by atomic mass is 19.4. The Kier molecular flexibility index (Phi) is 5.25. The van der Waals surface area contributed by atoms with Crippen LogP contribution < -0.4 is 10.3 Å². The van der Waals surface area contributed by atoms with Crippen LogP contribution in [0.2, 0.25) is 0 Å². The zero-order valence-corrected chi connectivity index (χ0v) is 16.0. The van der Waals surface area contributed by atoms with Crippen LogP contribution in [0.25, 0.3) is 22.0 Å². The molecule has 2 aromatic carbocycles. The average molecular weight is 434 g/mol. The molecule has 1 saturated heterocycles. The molecule has 8 nitrogen and oxygen atoms in total. The van der Waals surface area contributed by atoms with Crippen LogP contribution in [0.15, 0.2) is 47.3 Å². The van der Waals surface area contributed by atoms with E-state index in [1.54, 1.807) is 18.2 Å². The number of fused-ring (bicyclic) bond motifs is 1. The van der Waals surface area contributed by atoms with Gasteiger partial charge in [-0.05, 0) is 48.2 Å². The van der Waals surface area contributed by atoms with E-state index in [1.807, 2.05) is 0 Å². The monoisotopic (exact) mass is 434 g/mol. The first-order valence-corrected chi connectivity index (χ1v) is 9.44. The minimum atomic E-state index is -4.77. The molecule has 1 fully saturated rings. The Bertz CT molecular complexity index is 1170. The second-order valence-corrected chi connectivity index (χ2v) is 7.14. The van der Waals surface area contributed by atoms with Gasteiger partial charge in [-0.25, -0.2) is 9.48 Å². The van der Waals surface area contributed by atoms with Gasteiger partial charge in [0.2, 0.25) is 0 Å². The lowest BCUT2D eigenvalue weighted by molar-refractivity contribution is -0.274. The van der Waals surface area contributed by atoms with Crippen LogP contribution in [-0.4, -0.2) is 50.5 Å². The summed E-state index contributed by atoms with van der Waals surface area (Å²) < 4.78 is 42.2. The van der Waals surface area contributed by atoms with Crippen molar-refractivity contribution in [2.45, 2.75) is 25.2 Å². The van der Waals surface area contributed by atoms with E-state index in [0.717, 1.165) is 0 Å². The highest BCUT2D eigenvalue weighted by molar-refractivity contribution is 5.83. The molecule has 31 heavy (non-hydrogen) atoms. The number of carboxylic acid groups (broad SMARTS) is 1. The molecule has 1 amide bonds. The summed E-state index contributed by atoms with van der Waals surface area (Å²) in [5.41, 5.74) is 1.28. The number of carbonyl (C=O) groups is 1. The molecule has 1 aliphatic rings. The fraction of sp³-hybridized carbons (Fsp3) is 0.300. The third-order valence-electron chi connectivity index (χ3n) is 5.19. The van der Waals surface area contributed by atoms with Gasteiger partial charge in [0.25, 0.3) is 5.56 Å². The van der Waals surface area contributed by atoms with Crippen LogP contribution in [0.5, 0.6) is 5.75 Å². The lowest BCUT2D eigenvalue weighted by Crippen LogP contribution is -2.41. The van der Waals surface area contributed by atoms with E-state index in [-0.39, 0.29) is 17.4 Å². The Balaban J connectivity index is 1.62. The van der Waals surface area contributed by atoms with E-state index in [0.29, 0.717) is 48.0 Å². The molecule has 0 unspecified atom stereocenters. The minimum absolute atomic E-state index is 0.262. The maximum absolute atomic E-state index is 13.0. The van der Waals surface area contributed by atoms with Crippen LogP contribution in [0, 0.1) is 0 Å². The predicted molar refractivity (Wildman–Crippen MR) is 104 cm³/mol. The largest absolute Gasteiger partial charge is 0.573 e. The Hall–Kier alpha value is -3.63. The maximum atomic E-state index is 13.0. The number of rotatable bonds is 3. The van der Waals surface area contributed by atoms with Crippen LogP contribution in [-0.2, 0) is 0 Å². The summed E-state index contributed by atoms with van der Waals surface area (Å²) in [7, 11) is 0. The number of halogens is 3. The highest BCUT2D eigenvalue weighted by Crippen LogP contribution is 2.28. The number of amides is 1. The topological polar surface area (TPSA) is 97.6 Å². The van der Waals surface area contributed by atoms with Gasteiger partial charge in [-0.15, -0.1) is 18.3 Å². The molecule has 11 heteroatoms. The fourth-order valence-corrected chi connectivity index (χ4v) is 3.62. The number of ether oxygens (including phenoxy) is 1. The Labute approximate surface area is 173 Å². The molecular formula is C20H17F3N4O4. The molecule has 3 aromatic rings. The first-order chi connectivity index (χ1) is 14.7. The second-order valence-electron chi connectivity index (χ2n) is 7.14. The second kappa shape index (κ2) is 7.89. The molecule has 1 aromatic heterocycles. The van der Waals surface area contributed by atoms with Crippen LogP contribution >= 0.6 is 0 Å². The normalized spacial score (nSPS) is 15.3. The third kappa shape index (κ3) is 4.44. The molecule has 1 aliphatic heterocycles. The van der Waals surface area contributed by atoms with Gasteiger partial charge in [-0.3, -0.25) is 4.79 Å². The summed E-state index contributed by atoms with van der Waals surface area (Å²) in [5, 5.41) is 17.5. The van der Waals surface area contributed by atoms with Gasteiger partial charge in [0.05, 0.1) is 11.4 Å². The summed E-state index contributed by atoms with van der Waals surface area (Å²) >= 11 is 0. The minimum Gasteiger partial charge on any atom is -0.465 e. The SMILES string of the molecule is O=C(O)N1CCC(n2nnc3ccc(-c4ccc(OC(F)(F)F)cc4)cc3c2=O)CC1. The summed E-state index contributed by atoms with van der Waals surface area (Å²) in [6.45, 7) is 0.608. The number of aromatic nitrogens is 3. The number of hydrogen-bond acceptors (Lipinski definition) is 5. The Morgan fingerprint density at radius 3 is 2.32 bits per heavy atom. The zero-order chi connectivity index (χ0) is 22.2. The first-order valence-electron chi connectivity index (χ1n) is 9.44. The Morgan fingerprint density at radius 2 is 1.71 bits per heavy atom. The van der Waals surface area contributed by atoms with E-state index in [9.17, 15) is 22.8 Å². The average Bonchev–Trinajstić information content (AvgIpc) is 2.73. The molecule has 0 atom stereocenters. The third-order valence-corrected chi connectivity index (χ3v) is 5.19. The van der Waals surface area contributed by atoms with Gasteiger partial charge in [0, 0.05) is 13.1 Å². The van der Waals surface area contributed by atoms with Crippen LogP contribution in [0.1, 0.15) is 18.9 Å². The van der Waals surface area contributed by atoms with Crippen LogP contribution in [0.3, 0.4) is 0 Å². The predicted octanol–water partition coefficient (Wildman–Crippen LogP) is 3.67. The molecule has 2 heterocycles. The molecule has 0 spiro atoms. The highest BCUT2D eigenvalue weighted by Gasteiger charge is 2.31. The van der Waals surface area contributed by atoms with Crippen molar-refractivity contribution in [3.8, 4) is 16.9 Å². The van der Waals surface area contributed by atoms with E-state index in [1.165, 1.54) is 33.8 Å². The number of hydrogen-bond donors (Lipinski definition) is 1. The molecule has 4 rings (SSSR count). The molecule has 0 radical (unpaired) electrons. The Morgan fingerprint density at radius 1 is 1.06 bits per heavy atom. The number of benzene rings is 2. The van der Waals surface area contributed by atoms with E-state index < -0.39 is 12.5 Å². The molecular weight excluding hydrogens is 417 g/mol. The number of piperidine rings is 1. The zero-order valence-electron chi connectivity index (χ0n) is 16.0. The van der Waals surface area contributed by atoms with Gasteiger partial charge in [-0.2, -0.15) is 0 Å². The molecule has 1 N–H and O–H groups in total. The lowest BCUT2D eigenvalue weighted by Gasteiger charge is -2.29. The first kappa shape index (κ1) is 20.6. The van der Waals surface area contributed by atoms with Gasteiger partial charge >= 0.3 is 12.5 Å². The van der Waals surface area contributed by atoms with Crippen molar-refractivity contribution in [3.63, 3.8) is 0 Å². The fourth-order valence-electron chi connectivity index (χ4n) is 3.62. The summed E-state index contributed by atoms with van der Waals surface area (Å²) in [4.78, 5) is 25.4. The van der Waals surface area contributed by atoms with Crippen molar-refractivity contribution < 1.29 is 27.8 Å². The van der Waals surface area contributed by atoms with Crippen molar-refractivity contribution >= 4 is 17.0 Å². The standard InChI is InChI=1S/C20H17F3N4O4/c21-20(22,23)31-15-4-1-12(2-5-15)13-3-6-17-16(11-13)18(28)27(25-24-17)14-7-9-26(10-8-14)19(29)30/h1-6,11,14H,7-10H2,(H,29,30). The van der Waals surface area contributed by atoms with Gasteiger partial charge < -0.3 is 14.7 Å². The van der Waals surface area contributed by atoms with Gasteiger partial charge in [-0.1, -0.05) is 23.4 Å².